The van der Waals surface area contributed by atoms with Crippen molar-refractivity contribution in [2.75, 3.05) is 11.5 Å². The summed E-state index contributed by atoms with van der Waals surface area (Å²) < 4.78 is 0. The summed E-state index contributed by atoms with van der Waals surface area (Å²) in [5.41, 5.74) is 3.22. The molecule has 1 aliphatic heterocycles. The molecule has 1 aliphatic rings. The first-order valence-electron chi connectivity index (χ1n) is 9.25. The van der Waals surface area contributed by atoms with Gasteiger partial charge in [0, 0.05) is 24.7 Å². The van der Waals surface area contributed by atoms with Gasteiger partial charge in [0.1, 0.15) is 0 Å². The molecule has 136 valence electrons. The van der Waals surface area contributed by atoms with E-state index in [9.17, 15) is 9.90 Å². The van der Waals surface area contributed by atoms with Crippen LogP contribution in [0.2, 0.25) is 0 Å². The van der Waals surface area contributed by atoms with Crippen molar-refractivity contribution in [2.24, 2.45) is 0 Å². The van der Waals surface area contributed by atoms with E-state index in [0.717, 1.165) is 22.5 Å². The van der Waals surface area contributed by atoms with Gasteiger partial charge in [0.2, 0.25) is 5.91 Å². The van der Waals surface area contributed by atoms with Gasteiger partial charge in [0.05, 0.1) is 11.1 Å². The summed E-state index contributed by atoms with van der Waals surface area (Å²) >= 11 is 0. The van der Waals surface area contributed by atoms with Crippen LogP contribution < -0.4 is 4.90 Å². The molecule has 0 bridgehead atoms. The van der Waals surface area contributed by atoms with Crippen molar-refractivity contribution in [3.8, 4) is 0 Å². The maximum Gasteiger partial charge on any atom is 0.242 e. The lowest BCUT2D eigenvalue weighted by atomic mass is 9.73. The number of aromatic nitrogens is 1. The van der Waals surface area contributed by atoms with Crippen LogP contribution in [0.5, 0.6) is 0 Å². The van der Waals surface area contributed by atoms with Crippen LogP contribution in [0.1, 0.15) is 24.0 Å². The third-order valence-electron chi connectivity index (χ3n) is 5.30. The number of carbonyl (C=O) groups is 1. The Kier molecular flexibility index (Phi) is 4.73. The van der Waals surface area contributed by atoms with E-state index in [-0.39, 0.29) is 12.5 Å². The van der Waals surface area contributed by atoms with Gasteiger partial charge in [-0.3, -0.25) is 14.7 Å². The van der Waals surface area contributed by atoms with Gasteiger partial charge in [-0.05, 0) is 60.7 Å². The molecule has 27 heavy (non-hydrogen) atoms. The lowest BCUT2D eigenvalue weighted by molar-refractivity contribution is -0.122. The normalized spacial score (nSPS) is 18.6. The van der Waals surface area contributed by atoms with E-state index >= 15 is 0 Å². The van der Waals surface area contributed by atoms with E-state index in [0.29, 0.717) is 19.3 Å². The Morgan fingerprint density at radius 3 is 2.37 bits per heavy atom. The molecular formula is C23H22N2O2. The summed E-state index contributed by atoms with van der Waals surface area (Å²) in [5.74, 6) is 0.0696. The third kappa shape index (κ3) is 3.02. The number of nitrogens with zero attached hydrogens (tertiary/aromatic N) is 2. The fourth-order valence-electron chi connectivity index (χ4n) is 4.08. The predicted octanol–water partition coefficient (Wildman–Crippen LogP) is 4.01. The van der Waals surface area contributed by atoms with Gasteiger partial charge in [0.15, 0.2) is 0 Å². The maximum atomic E-state index is 13.8. The summed E-state index contributed by atoms with van der Waals surface area (Å²) in [6.07, 6.45) is 5.29. The summed E-state index contributed by atoms with van der Waals surface area (Å²) in [6, 6.07) is 21.7. The lowest BCUT2D eigenvalue weighted by Gasteiger charge is -2.29. The molecule has 1 amide bonds. The monoisotopic (exact) mass is 358 g/mol. The van der Waals surface area contributed by atoms with Crippen molar-refractivity contribution in [1.82, 2.24) is 4.98 Å². The van der Waals surface area contributed by atoms with Crippen molar-refractivity contribution in [3.63, 3.8) is 0 Å². The Morgan fingerprint density at radius 2 is 1.63 bits per heavy atom. The fraction of sp³-hybridized carbons (Fsp3) is 0.217. The molecule has 0 saturated heterocycles. The van der Waals surface area contributed by atoms with E-state index in [1.165, 1.54) is 0 Å². The van der Waals surface area contributed by atoms with Crippen molar-refractivity contribution >= 4 is 17.3 Å². The molecule has 2 heterocycles. The minimum Gasteiger partial charge on any atom is -0.396 e. The van der Waals surface area contributed by atoms with Crippen LogP contribution in [0.25, 0.3) is 0 Å². The third-order valence-corrected chi connectivity index (χ3v) is 5.30. The van der Waals surface area contributed by atoms with Crippen LogP contribution in [-0.2, 0) is 16.6 Å². The highest BCUT2D eigenvalue weighted by atomic mass is 16.3. The number of amides is 1. The smallest absolute Gasteiger partial charge is 0.242 e. The van der Waals surface area contributed by atoms with Crippen LogP contribution in [0, 0.1) is 0 Å². The van der Waals surface area contributed by atoms with E-state index < -0.39 is 5.41 Å². The average Bonchev–Trinajstić information content (AvgIpc) is 2.96. The highest BCUT2D eigenvalue weighted by Crippen LogP contribution is 2.49. The van der Waals surface area contributed by atoms with Crippen LogP contribution in [0.15, 0.2) is 79.1 Å². The van der Waals surface area contributed by atoms with E-state index in [1.807, 2.05) is 65.6 Å². The van der Waals surface area contributed by atoms with Crippen molar-refractivity contribution in [3.05, 3.63) is 90.3 Å². The van der Waals surface area contributed by atoms with Gasteiger partial charge in [-0.1, -0.05) is 36.4 Å². The molecule has 0 saturated carbocycles. The number of rotatable bonds is 6. The first kappa shape index (κ1) is 17.4. The molecule has 2 aromatic carbocycles. The van der Waals surface area contributed by atoms with Crippen LogP contribution in [0.3, 0.4) is 0 Å². The maximum absolute atomic E-state index is 13.8. The van der Waals surface area contributed by atoms with Crippen molar-refractivity contribution in [1.29, 1.82) is 0 Å². The summed E-state index contributed by atoms with van der Waals surface area (Å²) in [4.78, 5) is 19.7. The molecule has 1 atom stereocenters. The largest absolute Gasteiger partial charge is 0.396 e. The molecule has 0 aliphatic carbocycles. The SMILES string of the molecule is O=C1N(c2ccccc2)c2ccccc2C1(CCCO)Cc1ccncc1. The second-order valence-corrected chi connectivity index (χ2v) is 6.93. The number of anilines is 2. The van der Waals surface area contributed by atoms with Gasteiger partial charge in [0.25, 0.3) is 0 Å². The summed E-state index contributed by atoms with van der Waals surface area (Å²) in [5, 5.41) is 9.49. The topological polar surface area (TPSA) is 53.4 Å². The lowest BCUT2D eigenvalue weighted by Crippen LogP contribution is -2.40. The Bertz CT molecular complexity index is 927. The number of carbonyl (C=O) groups excluding carboxylic acids is 1. The predicted molar refractivity (Wildman–Crippen MR) is 106 cm³/mol. The number of hydrogen-bond donors (Lipinski definition) is 1. The zero-order valence-electron chi connectivity index (χ0n) is 15.1. The first-order valence-corrected chi connectivity index (χ1v) is 9.25. The van der Waals surface area contributed by atoms with Crippen LogP contribution >= 0.6 is 0 Å². The van der Waals surface area contributed by atoms with E-state index in [1.54, 1.807) is 12.4 Å². The zero-order valence-corrected chi connectivity index (χ0v) is 15.1. The Labute approximate surface area is 159 Å². The quantitative estimate of drug-likeness (QED) is 0.724. The summed E-state index contributed by atoms with van der Waals surface area (Å²) in [6.45, 7) is 0.0683. The Morgan fingerprint density at radius 1 is 0.926 bits per heavy atom. The Hall–Kier alpha value is -2.98. The highest BCUT2D eigenvalue weighted by molar-refractivity contribution is 6.13. The molecule has 4 heteroatoms. The van der Waals surface area contributed by atoms with Crippen LogP contribution in [0.4, 0.5) is 11.4 Å². The Balaban J connectivity index is 1.86. The molecule has 0 radical (unpaired) electrons. The number of pyridine rings is 1. The molecule has 4 rings (SSSR count). The van der Waals surface area contributed by atoms with Gasteiger partial charge >= 0.3 is 0 Å². The minimum absolute atomic E-state index is 0.0683. The molecule has 1 aromatic heterocycles. The van der Waals surface area contributed by atoms with Gasteiger partial charge < -0.3 is 5.11 Å². The molecular weight excluding hydrogens is 336 g/mol. The molecule has 0 spiro atoms. The molecule has 3 aromatic rings. The van der Waals surface area contributed by atoms with E-state index in [2.05, 4.69) is 11.1 Å². The van der Waals surface area contributed by atoms with Gasteiger partial charge in [-0.25, -0.2) is 0 Å². The first-order chi connectivity index (χ1) is 13.3. The van der Waals surface area contributed by atoms with Crippen LogP contribution in [-0.4, -0.2) is 22.6 Å². The fourth-order valence-corrected chi connectivity index (χ4v) is 4.08. The number of benzene rings is 2. The number of hydrogen-bond acceptors (Lipinski definition) is 3. The standard InChI is InChI=1S/C23H22N2O2/c26-16-6-13-23(17-18-11-14-24-15-12-18)20-9-4-5-10-21(20)25(22(23)27)19-7-2-1-3-8-19/h1-5,7-12,14-15,26H,6,13,16-17H2. The summed E-state index contributed by atoms with van der Waals surface area (Å²) in [7, 11) is 0. The van der Waals surface area contributed by atoms with E-state index in [4.69, 9.17) is 0 Å². The van der Waals surface area contributed by atoms with Gasteiger partial charge in [-0.15, -0.1) is 0 Å². The van der Waals surface area contributed by atoms with Crippen molar-refractivity contribution < 1.29 is 9.90 Å². The second-order valence-electron chi connectivity index (χ2n) is 6.93. The zero-order chi connectivity index (χ0) is 18.7. The van der Waals surface area contributed by atoms with Crippen molar-refractivity contribution in [2.45, 2.75) is 24.7 Å². The number of aliphatic hydroxyl groups is 1. The highest BCUT2D eigenvalue weighted by Gasteiger charge is 2.50. The molecule has 4 nitrogen and oxygen atoms in total. The number of fused-ring (bicyclic) bond motifs is 1. The second kappa shape index (κ2) is 7.33. The minimum atomic E-state index is -0.684. The molecule has 1 N–H and O–H groups in total. The average molecular weight is 358 g/mol. The molecule has 0 fully saturated rings. The van der Waals surface area contributed by atoms with Gasteiger partial charge in [-0.2, -0.15) is 0 Å². The number of aliphatic hydroxyl groups excluding tert-OH is 1. The molecule has 1 unspecified atom stereocenters. The number of para-hydroxylation sites is 2.